The van der Waals surface area contributed by atoms with Gasteiger partial charge in [-0.2, -0.15) is 0 Å². The van der Waals surface area contributed by atoms with Gasteiger partial charge in [-0.15, -0.1) is 0 Å². The fraction of sp³-hybridized carbons (Fsp3) is 0.333. The maximum atomic E-state index is 12.7. The molecule has 9 nitrogen and oxygen atoms in total. The third-order valence-electron chi connectivity index (χ3n) is 5.69. The molecule has 3 amide bonds. The van der Waals surface area contributed by atoms with Crippen LogP contribution in [0.5, 0.6) is 0 Å². The second kappa shape index (κ2) is 10.3. The summed E-state index contributed by atoms with van der Waals surface area (Å²) in [6.07, 6.45) is 1.47. The number of para-hydroxylation sites is 1. The summed E-state index contributed by atoms with van der Waals surface area (Å²) in [5.41, 5.74) is 5.37. The molecule has 172 valence electrons. The van der Waals surface area contributed by atoms with E-state index in [9.17, 15) is 14.4 Å². The standard InChI is InChI=1S/C24H28N6O3/c1-17-7-9-20(10-8-17)30-22(32)15-25-23(28-30)24(33)27-19-11-13-29(14-12-19)16-21(31)26-18-5-3-2-4-6-18/h2-10,19H,11-16H2,1H3,(H,25,28)(H,26,31)(H,27,33). The van der Waals surface area contributed by atoms with Crippen molar-refractivity contribution in [1.82, 2.24) is 15.6 Å². The normalized spacial score (nSPS) is 17.2. The number of aryl methyl sites for hydroxylation is 1. The first-order chi connectivity index (χ1) is 16.0. The first-order valence-corrected chi connectivity index (χ1v) is 11.1. The summed E-state index contributed by atoms with van der Waals surface area (Å²) in [5, 5.41) is 7.25. The van der Waals surface area contributed by atoms with E-state index in [1.54, 1.807) is 0 Å². The van der Waals surface area contributed by atoms with Crippen molar-refractivity contribution < 1.29 is 14.4 Å². The Morgan fingerprint density at radius 2 is 1.76 bits per heavy atom. The third-order valence-corrected chi connectivity index (χ3v) is 5.69. The highest BCUT2D eigenvalue weighted by atomic mass is 16.2. The van der Waals surface area contributed by atoms with E-state index in [2.05, 4.69) is 26.0 Å². The minimum Gasteiger partial charge on any atom is -0.347 e. The molecule has 2 aliphatic heterocycles. The number of nitrogens with zero attached hydrogens (tertiary/aromatic N) is 3. The van der Waals surface area contributed by atoms with Gasteiger partial charge in [0.25, 0.3) is 11.8 Å². The predicted octanol–water partition coefficient (Wildman–Crippen LogP) is 1.46. The van der Waals surface area contributed by atoms with Crippen molar-refractivity contribution in [2.24, 2.45) is 4.99 Å². The largest absolute Gasteiger partial charge is 0.347 e. The van der Waals surface area contributed by atoms with Crippen molar-refractivity contribution in [3.8, 4) is 0 Å². The Morgan fingerprint density at radius 3 is 2.45 bits per heavy atom. The molecule has 0 unspecified atom stereocenters. The lowest BCUT2D eigenvalue weighted by atomic mass is 10.0. The highest BCUT2D eigenvalue weighted by Gasteiger charge is 2.28. The van der Waals surface area contributed by atoms with Crippen LogP contribution in [-0.2, 0) is 14.4 Å². The van der Waals surface area contributed by atoms with Gasteiger partial charge in [0.2, 0.25) is 11.7 Å². The fourth-order valence-electron chi connectivity index (χ4n) is 3.86. The van der Waals surface area contributed by atoms with Gasteiger partial charge in [0.15, 0.2) is 0 Å². The van der Waals surface area contributed by atoms with Crippen LogP contribution in [0.25, 0.3) is 0 Å². The minimum absolute atomic E-state index is 0.0131. The molecule has 0 aromatic heterocycles. The Morgan fingerprint density at radius 1 is 1.06 bits per heavy atom. The second-order valence-corrected chi connectivity index (χ2v) is 8.28. The zero-order chi connectivity index (χ0) is 23.2. The Labute approximate surface area is 192 Å². The first kappa shape index (κ1) is 22.5. The predicted molar refractivity (Wildman–Crippen MR) is 127 cm³/mol. The van der Waals surface area contributed by atoms with Crippen LogP contribution in [0.1, 0.15) is 18.4 Å². The summed E-state index contributed by atoms with van der Waals surface area (Å²) in [6.45, 7) is 3.62. The molecule has 0 aliphatic carbocycles. The van der Waals surface area contributed by atoms with Crippen LogP contribution in [0, 0.1) is 6.92 Å². The van der Waals surface area contributed by atoms with E-state index >= 15 is 0 Å². The Kier molecular flexibility index (Phi) is 6.99. The number of amides is 3. The van der Waals surface area contributed by atoms with E-state index in [-0.39, 0.29) is 36.1 Å². The van der Waals surface area contributed by atoms with Gasteiger partial charge in [-0.05, 0) is 44.0 Å². The number of hydrogen-bond donors (Lipinski definition) is 3. The van der Waals surface area contributed by atoms with Crippen molar-refractivity contribution in [2.45, 2.75) is 25.8 Å². The smallest absolute Gasteiger partial charge is 0.288 e. The lowest BCUT2D eigenvalue weighted by molar-refractivity contribution is -0.119. The van der Waals surface area contributed by atoms with E-state index in [0.717, 1.165) is 24.1 Å². The number of benzene rings is 2. The molecule has 3 N–H and O–H groups in total. The topological polar surface area (TPSA) is 106 Å². The van der Waals surface area contributed by atoms with Crippen molar-refractivity contribution >= 4 is 34.9 Å². The van der Waals surface area contributed by atoms with Gasteiger partial charge in [-0.1, -0.05) is 35.9 Å². The number of nitrogens with one attached hydrogen (secondary N) is 3. The summed E-state index contributed by atoms with van der Waals surface area (Å²) in [6, 6.07) is 16.8. The van der Waals surface area contributed by atoms with E-state index in [0.29, 0.717) is 25.3 Å². The summed E-state index contributed by atoms with van der Waals surface area (Å²) in [7, 11) is 0. The molecular weight excluding hydrogens is 420 g/mol. The second-order valence-electron chi connectivity index (χ2n) is 8.28. The molecule has 33 heavy (non-hydrogen) atoms. The van der Waals surface area contributed by atoms with Crippen LogP contribution in [0.3, 0.4) is 0 Å². The van der Waals surface area contributed by atoms with Gasteiger partial charge in [0, 0.05) is 24.8 Å². The monoisotopic (exact) mass is 448 g/mol. The molecule has 1 fully saturated rings. The van der Waals surface area contributed by atoms with Gasteiger partial charge in [0.05, 0.1) is 12.2 Å². The van der Waals surface area contributed by atoms with Gasteiger partial charge < -0.3 is 10.6 Å². The third kappa shape index (κ3) is 5.95. The van der Waals surface area contributed by atoms with E-state index in [1.807, 2.05) is 61.5 Å². The number of piperidine rings is 1. The van der Waals surface area contributed by atoms with Crippen LogP contribution < -0.4 is 21.1 Å². The fourth-order valence-corrected chi connectivity index (χ4v) is 3.86. The number of rotatable bonds is 6. The molecular formula is C24H28N6O3. The van der Waals surface area contributed by atoms with Crippen LogP contribution in [-0.4, -0.2) is 60.7 Å². The van der Waals surface area contributed by atoms with Crippen molar-refractivity contribution in [3.05, 3.63) is 60.2 Å². The first-order valence-electron chi connectivity index (χ1n) is 11.1. The van der Waals surface area contributed by atoms with Gasteiger partial charge in [0.1, 0.15) is 6.54 Å². The molecule has 0 saturated carbocycles. The maximum Gasteiger partial charge on any atom is 0.288 e. The molecule has 2 heterocycles. The number of carbonyl (C=O) groups excluding carboxylic acids is 3. The van der Waals surface area contributed by atoms with E-state index < -0.39 is 0 Å². The zero-order valence-electron chi connectivity index (χ0n) is 18.6. The molecule has 4 rings (SSSR count). The summed E-state index contributed by atoms with van der Waals surface area (Å²) < 4.78 is 0. The summed E-state index contributed by atoms with van der Waals surface area (Å²) in [4.78, 5) is 43.5. The summed E-state index contributed by atoms with van der Waals surface area (Å²) >= 11 is 0. The van der Waals surface area contributed by atoms with Crippen LogP contribution in [0.2, 0.25) is 0 Å². The van der Waals surface area contributed by atoms with Crippen LogP contribution in [0.4, 0.5) is 11.4 Å². The van der Waals surface area contributed by atoms with E-state index in [1.165, 1.54) is 5.01 Å². The van der Waals surface area contributed by atoms with Gasteiger partial charge in [-0.25, -0.2) is 5.01 Å². The van der Waals surface area contributed by atoms with Crippen molar-refractivity contribution in [2.75, 3.05) is 36.5 Å². The number of likely N-dealkylation sites (tertiary alicyclic amines) is 1. The Bertz CT molecular complexity index is 1030. The molecule has 0 radical (unpaired) electrons. The molecule has 2 aromatic rings. The average molecular weight is 449 g/mol. The van der Waals surface area contributed by atoms with E-state index in [4.69, 9.17) is 0 Å². The van der Waals surface area contributed by atoms with Crippen LogP contribution in [0.15, 0.2) is 59.6 Å². The highest BCUT2D eigenvalue weighted by molar-refractivity contribution is 6.39. The lowest BCUT2D eigenvalue weighted by Crippen LogP contribution is -2.57. The highest BCUT2D eigenvalue weighted by Crippen LogP contribution is 2.16. The number of hydrogen-bond acceptors (Lipinski definition) is 6. The quantitative estimate of drug-likeness (QED) is 0.621. The molecule has 9 heteroatoms. The molecule has 2 aliphatic rings. The zero-order valence-corrected chi connectivity index (χ0v) is 18.6. The number of hydrazine groups is 1. The minimum atomic E-state index is -0.333. The van der Waals surface area contributed by atoms with Gasteiger partial charge in [-0.3, -0.25) is 29.7 Å². The molecule has 0 spiro atoms. The van der Waals surface area contributed by atoms with Crippen LogP contribution >= 0.6 is 0 Å². The number of anilines is 2. The number of aliphatic imine (C=N–C) groups is 1. The number of amidine groups is 1. The lowest BCUT2D eigenvalue weighted by Gasteiger charge is -2.33. The van der Waals surface area contributed by atoms with Crippen molar-refractivity contribution in [3.63, 3.8) is 0 Å². The van der Waals surface area contributed by atoms with Crippen molar-refractivity contribution in [1.29, 1.82) is 0 Å². The molecule has 2 aromatic carbocycles. The molecule has 1 saturated heterocycles. The Hall–Kier alpha value is -3.72. The summed E-state index contributed by atoms with van der Waals surface area (Å²) in [5.74, 6) is -0.484. The maximum absolute atomic E-state index is 12.7. The SMILES string of the molecule is Cc1ccc(N2NC(C(=O)NC3CCN(CC(=O)Nc4ccccc4)CC3)=NCC2=O)cc1. The number of carbonyl (C=O) groups is 3. The average Bonchev–Trinajstić information content (AvgIpc) is 2.82. The van der Waals surface area contributed by atoms with Gasteiger partial charge >= 0.3 is 0 Å². The molecule has 0 atom stereocenters. The Balaban J connectivity index is 1.24. The molecule has 0 bridgehead atoms.